The lowest BCUT2D eigenvalue weighted by Gasteiger charge is -2.26. The highest BCUT2D eigenvalue weighted by molar-refractivity contribution is 5.94. The Bertz CT molecular complexity index is 501. The number of morpholine rings is 1. The van der Waals surface area contributed by atoms with E-state index in [1.165, 1.54) is 5.56 Å². The summed E-state index contributed by atoms with van der Waals surface area (Å²) in [4.78, 5) is 16.7. The highest BCUT2D eigenvalue weighted by Gasteiger charge is 2.30. The van der Waals surface area contributed by atoms with E-state index in [1.54, 1.807) is 0 Å². The van der Waals surface area contributed by atoms with Crippen LogP contribution in [0.25, 0.3) is 0 Å². The number of ether oxygens (including phenoxy) is 1. The minimum absolute atomic E-state index is 0.0951. The Morgan fingerprint density at radius 2 is 1.91 bits per heavy atom. The van der Waals surface area contributed by atoms with Crippen LogP contribution in [0.5, 0.6) is 0 Å². The summed E-state index contributed by atoms with van der Waals surface area (Å²) in [5, 5.41) is 0. The molecule has 1 aromatic carbocycles. The lowest BCUT2D eigenvalue weighted by molar-refractivity contribution is 0.0342. The van der Waals surface area contributed by atoms with E-state index in [4.69, 9.17) is 10.5 Å². The van der Waals surface area contributed by atoms with Crippen molar-refractivity contribution >= 4 is 5.91 Å². The predicted molar refractivity (Wildman–Crippen MR) is 85.6 cm³/mol. The molecule has 0 radical (unpaired) electrons. The molecule has 1 amide bonds. The maximum Gasteiger partial charge on any atom is 0.253 e. The van der Waals surface area contributed by atoms with Crippen LogP contribution in [-0.4, -0.2) is 61.1 Å². The number of carbonyl (C=O) groups excluding carboxylic acids is 1. The molecule has 2 saturated heterocycles. The Labute approximate surface area is 132 Å². The van der Waals surface area contributed by atoms with E-state index >= 15 is 0 Å². The van der Waals surface area contributed by atoms with Crippen molar-refractivity contribution < 1.29 is 9.53 Å². The van der Waals surface area contributed by atoms with Crippen molar-refractivity contribution in [3.05, 3.63) is 35.4 Å². The molecular formula is C17H25N3O2. The third kappa shape index (κ3) is 3.48. The smallest absolute Gasteiger partial charge is 0.253 e. The minimum Gasteiger partial charge on any atom is -0.379 e. The zero-order valence-corrected chi connectivity index (χ0v) is 13.2. The van der Waals surface area contributed by atoms with Gasteiger partial charge < -0.3 is 15.4 Å². The topological polar surface area (TPSA) is 58.8 Å². The van der Waals surface area contributed by atoms with E-state index in [0.29, 0.717) is 12.5 Å². The molecule has 2 fully saturated rings. The van der Waals surface area contributed by atoms with Crippen LogP contribution in [0.4, 0.5) is 0 Å². The van der Waals surface area contributed by atoms with Gasteiger partial charge in [-0.25, -0.2) is 0 Å². The van der Waals surface area contributed by atoms with Gasteiger partial charge in [0.2, 0.25) is 0 Å². The van der Waals surface area contributed by atoms with Crippen molar-refractivity contribution in [1.29, 1.82) is 0 Å². The van der Waals surface area contributed by atoms with Crippen molar-refractivity contribution in [3.8, 4) is 0 Å². The molecule has 22 heavy (non-hydrogen) atoms. The third-order valence-corrected chi connectivity index (χ3v) is 4.67. The van der Waals surface area contributed by atoms with E-state index in [1.807, 2.05) is 17.0 Å². The van der Waals surface area contributed by atoms with Crippen LogP contribution in [0, 0.1) is 5.92 Å². The standard InChI is InChI=1S/C17H25N3O2/c1-13-10-20(12-16(13)18)17(21)15-4-2-14(3-5-15)11-19-6-8-22-9-7-19/h2-5,13,16H,6-12,18H2,1H3/t13-,16-/m1/s1. The third-order valence-electron chi connectivity index (χ3n) is 4.67. The molecule has 0 spiro atoms. The number of hydrogen-bond donors (Lipinski definition) is 1. The molecule has 5 nitrogen and oxygen atoms in total. The highest BCUT2D eigenvalue weighted by Crippen LogP contribution is 2.18. The van der Waals surface area contributed by atoms with Gasteiger partial charge in [0.25, 0.3) is 5.91 Å². The fourth-order valence-corrected chi connectivity index (χ4v) is 3.11. The molecule has 2 aliphatic heterocycles. The summed E-state index contributed by atoms with van der Waals surface area (Å²) >= 11 is 0. The van der Waals surface area contributed by atoms with E-state index in [9.17, 15) is 4.79 Å². The number of rotatable bonds is 3. The van der Waals surface area contributed by atoms with E-state index in [-0.39, 0.29) is 11.9 Å². The summed E-state index contributed by atoms with van der Waals surface area (Å²) in [5.74, 6) is 0.474. The van der Waals surface area contributed by atoms with Crippen LogP contribution >= 0.6 is 0 Å². The van der Waals surface area contributed by atoms with E-state index in [0.717, 1.165) is 45.0 Å². The fraction of sp³-hybridized carbons (Fsp3) is 0.588. The van der Waals surface area contributed by atoms with Crippen molar-refractivity contribution in [3.63, 3.8) is 0 Å². The maximum atomic E-state index is 12.5. The van der Waals surface area contributed by atoms with Gasteiger partial charge >= 0.3 is 0 Å². The van der Waals surface area contributed by atoms with Crippen LogP contribution in [0.2, 0.25) is 0 Å². The van der Waals surface area contributed by atoms with E-state index in [2.05, 4.69) is 24.0 Å². The summed E-state index contributed by atoms with van der Waals surface area (Å²) in [6, 6.07) is 8.09. The molecule has 0 saturated carbocycles. The number of nitrogens with zero attached hydrogens (tertiary/aromatic N) is 2. The van der Waals surface area contributed by atoms with Crippen LogP contribution in [-0.2, 0) is 11.3 Å². The van der Waals surface area contributed by atoms with Gasteiger partial charge in [-0.15, -0.1) is 0 Å². The van der Waals surface area contributed by atoms with Crippen molar-refractivity contribution in [2.24, 2.45) is 11.7 Å². The molecular weight excluding hydrogens is 278 g/mol. The van der Waals surface area contributed by atoms with Gasteiger partial charge in [0.15, 0.2) is 0 Å². The Hall–Kier alpha value is -1.43. The monoisotopic (exact) mass is 303 g/mol. The van der Waals surface area contributed by atoms with Crippen LogP contribution in [0.15, 0.2) is 24.3 Å². The van der Waals surface area contributed by atoms with Gasteiger partial charge in [0.1, 0.15) is 0 Å². The molecule has 0 bridgehead atoms. The number of hydrogen-bond acceptors (Lipinski definition) is 4. The second kappa shape index (κ2) is 6.77. The normalized spacial score (nSPS) is 26.4. The molecule has 2 heterocycles. The van der Waals surface area contributed by atoms with Gasteiger partial charge in [-0.1, -0.05) is 19.1 Å². The Balaban J connectivity index is 1.60. The second-order valence-corrected chi connectivity index (χ2v) is 6.44. The summed E-state index contributed by atoms with van der Waals surface area (Å²) in [6.07, 6.45) is 0. The minimum atomic E-state index is 0.0951. The average Bonchev–Trinajstić information content (AvgIpc) is 2.88. The molecule has 2 N–H and O–H groups in total. The van der Waals surface area contributed by atoms with Gasteiger partial charge in [0, 0.05) is 44.3 Å². The fourth-order valence-electron chi connectivity index (χ4n) is 3.11. The van der Waals surface area contributed by atoms with Gasteiger partial charge in [-0.05, 0) is 23.6 Å². The van der Waals surface area contributed by atoms with Crippen molar-refractivity contribution in [2.45, 2.75) is 19.5 Å². The zero-order chi connectivity index (χ0) is 15.5. The van der Waals surface area contributed by atoms with E-state index < -0.39 is 0 Å². The summed E-state index contributed by atoms with van der Waals surface area (Å²) in [6.45, 7) is 8.01. The maximum absolute atomic E-state index is 12.5. The van der Waals surface area contributed by atoms with Crippen LogP contribution < -0.4 is 5.73 Å². The SMILES string of the molecule is C[C@@H]1CN(C(=O)c2ccc(CN3CCOCC3)cc2)C[C@H]1N. The first-order valence-electron chi connectivity index (χ1n) is 8.07. The average molecular weight is 303 g/mol. The molecule has 0 aromatic heterocycles. The summed E-state index contributed by atoms with van der Waals surface area (Å²) in [7, 11) is 0. The van der Waals surface area contributed by atoms with Gasteiger partial charge in [-0.3, -0.25) is 9.69 Å². The number of nitrogens with two attached hydrogens (primary N) is 1. The summed E-state index contributed by atoms with van der Waals surface area (Å²) in [5.41, 5.74) is 8.00. The molecule has 3 rings (SSSR count). The van der Waals surface area contributed by atoms with Gasteiger partial charge in [0.05, 0.1) is 13.2 Å². The molecule has 2 aliphatic rings. The Kier molecular flexibility index (Phi) is 4.76. The number of amides is 1. The molecule has 0 unspecified atom stereocenters. The predicted octanol–water partition coefficient (Wildman–Crippen LogP) is 0.938. The first-order valence-corrected chi connectivity index (χ1v) is 8.07. The highest BCUT2D eigenvalue weighted by atomic mass is 16.5. The molecule has 1 aromatic rings. The van der Waals surface area contributed by atoms with Crippen LogP contribution in [0.1, 0.15) is 22.8 Å². The van der Waals surface area contributed by atoms with Crippen molar-refractivity contribution in [2.75, 3.05) is 39.4 Å². The second-order valence-electron chi connectivity index (χ2n) is 6.44. The molecule has 120 valence electrons. The number of carbonyl (C=O) groups is 1. The molecule has 2 atom stereocenters. The number of benzene rings is 1. The number of likely N-dealkylation sites (tertiary alicyclic amines) is 1. The Morgan fingerprint density at radius 3 is 2.50 bits per heavy atom. The first kappa shape index (κ1) is 15.5. The van der Waals surface area contributed by atoms with Crippen molar-refractivity contribution in [1.82, 2.24) is 9.80 Å². The lowest BCUT2D eigenvalue weighted by Crippen LogP contribution is -2.35. The molecule has 0 aliphatic carbocycles. The molecule has 5 heteroatoms. The zero-order valence-electron chi connectivity index (χ0n) is 13.2. The Morgan fingerprint density at radius 1 is 1.23 bits per heavy atom. The summed E-state index contributed by atoms with van der Waals surface area (Å²) < 4.78 is 5.36. The largest absolute Gasteiger partial charge is 0.379 e. The van der Waals surface area contributed by atoms with Gasteiger partial charge in [-0.2, -0.15) is 0 Å². The quantitative estimate of drug-likeness (QED) is 0.903. The van der Waals surface area contributed by atoms with Crippen LogP contribution in [0.3, 0.4) is 0 Å². The lowest BCUT2D eigenvalue weighted by atomic mass is 10.1. The first-order chi connectivity index (χ1) is 10.6.